The van der Waals surface area contributed by atoms with Crippen LogP contribution in [0.25, 0.3) is 0 Å². The number of amides is 1. The van der Waals surface area contributed by atoms with Crippen LogP contribution in [0.4, 0.5) is 0 Å². The lowest BCUT2D eigenvalue weighted by Gasteiger charge is -2.03. The molecular weight excluding hydrogens is 286 g/mol. The lowest BCUT2D eigenvalue weighted by Crippen LogP contribution is -2.25. The summed E-state index contributed by atoms with van der Waals surface area (Å²) in [5, 5.41) is 11.3. The molecule has 3 heteroatoms. The van der Waals surface area contributed by atoms with Crippen molar-refractivity contribution in [2.45, 2.75) is 96.8 Å². The highest BCUT2D eigenvalue weighted by Gasteiger charge is 1.99. The van der Waals surface area contributed by atoms with E-state index in [2.05, 4.69) is 24.4 Å². The second kappa shape index (κ2) is 19.2. The zero-order chi connectivity index (χ0) is 17.0. The molecule has 0 aliphatic rings. The van der Waals surface area contributed by atoms with Crippen molar-refractivity contribution >= 4 is 5.91 Å². The number of hydrogen-bond donors (Lipinski definition) is 2. The van der Waals surface area contributed by atoms with Crippen LogP contribution in [0, 0.1) is 0 Å². The fourth-order valence-corrected chi connectivity index (χ4v) is 2.64. The Labute approximate surface area is 143 Å². The highest BCUT2D eigenvalue weighted by Crippen LogP contribution is 2.10. The van der Waals surface area contributed by atoms with Crippen LogP contribution in [0.1, 0.15) is 96.8 Å². The Morgan fingerprint density at radius 2 is 1.35 bits per heavy atom. The van der Waals surface area contributed by atoms with Crippen molar-refractivity contribution in [3.63, 3.8) is 0 Å². The van der Waals surface area contributed by atoms with E-state index in [0.29, 0.717) is 13.0 Å². The van der Waals surface area contributed by atoms with Crippen molar-refractivity contribution in [3.8, 4) is 0 Å². The van der Waals surface area contributed by atoms with Gasteiger partial charge in [0.25, 0.3) is 0 Å². The van der Waals surface area contributed by atoms with Crippen molar-refractivity contribution in [2.75, 3.05) is 13.2 Å². The van der Waals surface area contributed by atoms with E-state index in [1.54, 1.807) is 0 Å². The van der Waals surface area contributed by atoms with E-state index in [4.69, 9.17) is 5.11 Å². The molecule has 0 aliphatic heterocycles. The van der Waals surface area contributed by atoms with E-state index in [1.807, 2.05) is 0 Å². The van der Waals surface area contributed by atoms with Crippen molar-refractivity contribution in [1.29, 1.82) is 0 Å². The summed E-state index contributed by atoms with van der Waals surface area (Å²) in [7, 11) is 0. The molecule has 0 heterocycles. The van der Waals surface area contributed by atoms with E-state index < -0.39 is 0 Å². The first-order chi connectivity index (χ1) is 11.3. The number of carbonyl (C=O) groups is 1. The topological polar surface area (TPSA) is 49.3 Å². The van der Waals surface area contributed by atoms with Gasteiger partial charge in [-0.1, -0.05) is 70.4 Å². The van der Waals surface area contributed by atoms with Gasteiger partial charge in [0.2, 0.25) is 5.91 Å². The van der Waals surface area contributed by atoms with Gasteiger partial charge < -0.3 is 10.4 Å². The summed E-state index contributed by atoms with van der Waals surface area (Å²) in [5.74, 6) is 0.0699. The Kier molecular flexibility index (Phi) is 18.5. The second-order valence-corrected chi connectivity index (χ2v) is 6.41. The minimum atomic E-state index is 0.0276. The van der Waals surface area contributed by atoms with Crippen LogP contribution in [0.3, 0.4) is 0 Å². The molecule has 0 atom stereocenters. The molecule has 0 saturated heterocycles. The van der Waals surface area contributed by atoms with E-state index in [-0.39, 0.29) is 12.5 Å². The van der Waals surface area contributed by atoms with Gasteiger partial charge in [0.15, 0.2) is 0 Å². The Hall–Kier alpha value is -0.830. The number of aliphatic hydroxyl groups excluding tert-OH is 1. The first kappa shape index (κ1) is 22.2. The molecule has 0 radical (unpaired) electrons. The lowest BCUT2D eigenvalue weighted by molar-refractivity contribution is -0.121. The molecule has 0 aromatic rings. The minimum absolute atomic E-state index is 0.0276. The summed E-state index contributed by atoms with van der Waals surface area (Å²) < 4.78 is 0. The number of rotatable bonds is 17. The zero-order valence-electron chi connectivity index (χ0n) is 15.3. The summed E-state index contributed by atoms with van der Waals surface area (Å²) >= 11 is 0. The van der Waals surface area contributed by atoms with Crippen LogP contribution in [-0.4, -0.2) is 24.2 Å². The van der Waals surface area contributed by atoms with E-state index in [0.717, 1.165) is 12.8 Å². The molecule has 0 bridgehead atoms. The maximum absolute atomic E-state index is 11.3. The Morgan fingerprint density at radius 3 is 1.91 bits per heavy atom. The molecule has 3 nitrogen and oxygen atoms in total. The monoisotopic (exact) mass is 325 g/mol. The van der Waals surface area contributed by atoms with Gasteiger partial charge >= 0.3 is 0 Å². The van der Waals surface area contributed by atoms with Gasteiger partial charge in [0, 0.05) is 13.0 Å². The van der Waals surface area contributed by atoms with Gasteiger partial charge in [0.05, 0.1) is 6.61 Å². The van der Waals surface area contributed by atoms with Crippen LogP contribution in [0.15, 0.2) is 12.2 Å². The molecule has 0 aliphatic carbocycles. The average molecular weight is 326 g/mol. The van der Waals surface area contributed by atoms with Crippen LogP contribution in [-0.2, 0) is 4.79 Å². The summed E-state index contributed by atoms with van der Waals surface area (Å²) in [4.78, 5) is 11.3. The lowest BCUT2D eigenvalue weighted by atomic mass is 10.1. The van der Waals surface area contributed by atoms with Gasteiger partial charge in [0.1, 0.15) is 0 Å². The maximum Gasteiger partial charge on any atom is 0.220 e. The molecule has 2 N–H and O–H groups in total. The molecule has 0 unspecified atom stereocenters. The van der Waals surface area contributed by atoms with Crippen LogP contribution in [0.2, 0.25) is 0 Å². The number of nitrogens with one attached hydrogen (secondary N) is 1. The smallest absolute Gasteiger partial charge is 0.220 e. The highest BCUT2D eigenvalue weighted by molar-refractivity contribution is 5.75. The summed E-state index contributed by atoms with van der Waals surface area (Å²) in [6.07, 6.45) is 21.8. The summed E-state index contributed by atoms with van der Waals surface area (Å²) in [6.45, 7) is 2.66. The fraction of sp³-hybridized carbons (Fsp3) is 0.850. The number of aliphatic hydroxyl groups is 1. The zero-order valence-corrected chi connectivity index (χ0v) is 15.3. The van der Waals surface area contributed by atoms with Crippen molar-refractivity contribution in [2.24, 2.45) is 0 Å². The van der Waals surface area contributed by atoms with Crippen LogP contribution >= 0.6 is 0 Å². The third-order valence-corrected chi connectivity index (χ3v) is 4.10. The van der Waals surface area contributed by atoms with Crippen molar-refractivity contribution < 1.29 is 9.90 Å². The van der Waals surface area contributed by atoms with Gasteiger partial charge in [-0.2, -0.15) is 0 Å². The molecule has 0 saturated carbocycles. The Bertz CT molecular complexity index is 277. The largest absolute Gasteiger partial charge is 0.395 e. The third-order valence-electron chi connectivity index (χ3n) is 4.10. The SMILES string of the molecule is CCCCCC/C=C\CCCCCCCCCC(=O)NCCO. The minimum Gasteiger partial charge on any atom is -0.395 e. The van der Waals surface area contributed by atoms with Crippen LogP contribution in [0.5, 0.6) is 0 Å². The number of hydrogen-bond acceptors (Lipinski definition) is 2. The second-order valence-electron chi connectivity index (χ2n) is 6.41. The quantitative estimate of drug-likeness (QED) is 0.287. The Morgan fingerprint density at radius 1 is 0.826 bits per heavy atom. The standard InChI is InChI=1S/C20H39NO2/c1-2-3-4-5-6-7-8-9-10-11-12-13-14-15-16-17-20(23)21-18-19-22/h7-8,22H,2-6,9-19H2,1H3,(H,21,23)/b8-7-. The maximum atomic E-state index is 11.3. The van der Waals surface area contributed by atoms with E-state index in [1.165, 1.54) is 70.6 Å². The first-order valence-electron chi connectivity index (χ1n) is 9.83. The Balaban J connectivity index is 3.13. The van der Waals surface area contributed by atoms with Gasteiger partial charge in [-0.15, -0.1) is 0 Å². The van der Waals surface area contributed by atoms with Crippen LogP contribution < -0.4 is 5.32 Å². The van der Waals surface area contributed by atoms with Gasteiger partial charge in [-0.25, -0.2) is 0 Å². The predicted octanol–water partition coefficient (Wildman–Crippen LogP) is 5.13. The fourth-order valence-electron chi connectivity index (χ4n) is 2.64. The summed E-state index contributed by atoms with van der Waals surface area (Å²) in [5.41, 5.74) is 0. The molecule has 0 rings (SSSR count). The molecule has 0 spiro atoms. The molecule has 0 fully saturated rings. The third kappa shape index (κ3) is 19.1. The first-order valence-corrected chi connectivity index (χ1v) is 9.83. The number of carbonyl (C=O) groups excluding carboxylic acids is 1. The molecule has 23 heavy (non-hydrogen) atoms. The molecular formula is C20H39NO2. The molecule has 0 aromatic carbocycles. The molecule has 136 valence electrons. The number of allylic oxidation sites excluding steroid dienone is 2. The van der Waals surface area contributed by atoms with E-state index in [9.17, 15) is 4.79 Å². The normalized spacial score (nSPS) is 11.2. The van der Waals surface area contributed by atoms with Gasteiger partial charge in [-0.05, 0) is 32.1 Å². The summed E-state index contributed by atoms with van der Waals surface area (Å²) in [6, 6.07) is 0. The average Bonchev–Trinajstić information content (AvgIpc) is 2.56. The molecule has 0 aromatic heterocycles. The number of unbranched alkanes of at least 4 members (excludes halogenated alkanes) is 11. The van der Waals surface area contributed by atoms with Gasteiger partial charge in [-0.3, -0.25) is 4.79 Å². The predicted molar refractivity (Wildman–Crippen MR) is 99.5 cm³/mol. The van der Waals surface area contributed by atoms with Crippen molar-refractivity contribution in [3.05, 3.63) is 12.2 Å². The van der Waals surface area contributed by atoms with Crippen molar-refractivity contribution in [1.82, 2.24) is 5.32 Å². The van der Waals surface area contributed by atoms with E-state index >= 15 is 0 Å². The molecule has 1 amide bonds. The highest BCUT2D eigenvalue weighted by atomic mass is 16.3.